The Kier molecular flexibility index (Phi) is 4.12. The van der Waals surface area contributed by atoms with E-state index < -0.39 is 0 Å². The summed E-state index contributed by atoms with van der Waals surface area (Å²) in [5, 5.41) is 4.66. The van der Waals surface area contributed by atoms with Crippen LogP contribution < -0.4 is 14.2 Å². The minimum Gasteiger partial charge on any atom is -0.493 e. The molecule has 0 unspecified atom stereocenters. The highest BCUT2D eigenvalue weighted by molar-refractivity contribution is 6.05. The molecule has 4 aromatic rings. The number of hydrogen-bond acceptors (Lipinski definition) is 6. The van der Waals surface area contributed by atoms with E-state index >= 15 is 0 Å². The first kappa shape index (κ1) is 16.3. The van der Waals surface area contributed by atoms with Gasteiger partial charge in [-0.05, 0) is 35.8 Å². The number of benzene rings is 2. The monoisotopic (exact) mass is 353 g/mol. The molecule has 0 amide bonds. The SMILES string of the molecule is CCCOc1cccc(Oc2nc3c4c(OC)noc4ccc3n2C)c1. The quantitative estimate of drug-likeness (QED) is 0.514. The van der Waals surface area contributed by atoms with Gasteiger partial charge in [0.15, 0.2) is 5.58 Å². The van der Waals surface area contributed by atoms with Crippen molar-refractivity contribution in [2.75, 3.05) is 13.7 Å². The molecule has 2 heterocycles. The van der Waals surface area contributed by atoms with Crippen molar-refractivity contribution in [3.05, 3.63) is 36.4 Å². The Morgan fingerprint density at radius 1 is 1.15 bits per heavy atom. The number of ether oxygens (including phenoxy) is 3. The summed E-state index contributed by atoms with van der Waals surface area (Å²) in [6, 6.07) is 11.7. The summed E-state index contributed by atoms with van der Waals surface area (Å²) in [5.41, 5.74) is 2.23. The van der Waals surface area contributed by atoms with Crippen LogP contribution in [0.1, 0.15) is 13.3 Å². The predicted molar refractivity (Wildman–Crippen MR) is 97.1 cm³/mol. The Morgan fingerprint density at radius 2 is 2.00 bits per heavy atom. The molecule has 0 radical (unpaired) electrons. The van der Waals surface area contributed by atoms with Gasteiger partial charge in [-0.3, -0.25) is 4.57 Å². The lowest BCUT2D eigenvalue weighted by atomic mass is 10.2. The van der Waals surface area contributed by atoms with Crippen LogP contribution in [0.5, 0.6) is 23.4 Å². The Balaban J connectivity index is 1.74. The molecule has 0 saturated heterocycles. The van der Waals surface area contributed by atoms with E-state index in [2.05, 4.69) is 17.1 Å². The van der Waals surface area contributed by atoms with Crippen LogP contribution in [0.4, 0.5) is 0 Å². The third-order valence-corrected chi connectivity index (χ3v) is 4.10. The molecule has 26 heavy (non-hydrogen) atoms. The molecule has 2 aromatic carbocycles. The maximum absolute atomic E-state index is 5.99. The van der Waals surface area contributed by atoms with Gasteiger partial charge in [-0.25, -0.2) is 0 Å². The molecule has 134 valence electrons. The number of methoxy groups -OCH3 is 1. The van der Waals surface area contributed by atoms with Crippen LogP contribution in [0.25, 0.3) is 22.0 Å². The third-order valence-electron chi connectivity index (χ3n) is 4.10. The van der Waals surface area contributed by atoms with Crippen molar-refractivity contribution in [2.24, 2.45) is 7.05 Å². The number of rotatable bonds is 6. The zero-order valence-electron chi connectivity index (χ0n) is 14.9. The maximum Gasteiger partial charge on any atom is 0.302 e. The minimum atomic E-state index is 0.408. The molecule has 0 fully saturated rings. The Bertz CT molecular complexity index is 1070. The predicted octanol–water partition coefficient (Wildman–Crippen LogP) is 4.30. The van der Waals surface area contributed by atoms with E-state index in [1.165, 1.54) is 0 Å². The van der Waals surface area contributed by atoms with Crippen molar-refractivity contribution in [1.82, 2.24) is 14.7 Å². The van der Waals surface area contributed by atoms with Gasteiger partial charge in [-0.2, -0.15) is 4.98 Å². The zero-order chi connectivity index (χ0) is 18.1. The van der Waals surface area contributed by atoms with Gasteiger partial charge in [-0.15, -0.1) is 0 Å². The number of imidazole rings is 1. The van der Waals surface area contributed by atoms with Gasteiger partial charge in [0, 0.05) is 13.1 Å². The first-order valence-electron chi connectivity index (χ1n) is 8.40. The lowest BCUT2D eigenvalue weighted by Crippen LogP contribution is -1.97. The Morgan fingerprint density at radius 3 is 2.81 bits per heavy atom. The number of aromatic nitrogens is 3. The first-order valence-corrected chi connectivity index (χ1v) is 8.40. The fourth-order valence-corrected chi connectivity index (χ4v) is 2.82. The summed E-state index contributed by atoms with van der Waals surface area (Å²) in [5.74, 6) is 1.84. The number of fused-ring (bicyclic) bond motifs is 3. The van der Waals surface area contributed by atoms with Crippen LogP contribution in [-0.2, 0) is 7.05 Å². The van der Waals surface area contributed by atoms with Crippen molar-refractivity contribution in [3.8, 4) is 23.4 Å². The van der Waals surface area contributed by atoms with Crippen molar-refractivity contribution in [1.29, 1.82) is 0 Å². The van der Waals surface area contributed by atoms with Crippen LogP contribution in [0.3, 0.4) is 0 Å². The Labute approximate surface area is 150 Å². The van der Waals surface area contributed by atoms with Gasteiger partial charge < -0.3 is 18.7 Å². The summed E-state index contributed by atoms with van der Waals surface area (Å²) in [7, 11) is 3.45. The Hall–Kier alpha value is -3.22. The van der Waals surface area contributed by atoms with E-state index in [0.29, 0.717) is 29.8 Å². The second-order valence-electron chi connectivity index (χ2n) is 5.88. The normalized spacial score (nSPS) is 11.2. The molecular formula is C19H19N3O4. The van der Waals surface area contributed by atoms with Crippen LogP contribution >= 0.6 is 0 Å². The molecule has 0 aliphatic heterocycles. The van der Waals surface area contributed by atoms with Gasteiger partial charge >= 0.3 is 6.01 Å². The fourth-order valence-electron chi connectivity index (χ4n) is 2.82. The third kappa shape index (κ3) is 2.71. The highest BCUT2D eigenvalue weighted by Gasteiger charge is 2.18. The van der Waals surface area contributed by atoms with Crippen LogP contribution in [0.15, 0.2) is 40.9 Å². The van der Waals surface area contributed by atoms with Gasteiger partial charge in [0.25, 0.3) is 5.88 Å². The standard InChI is InChI=1S/C19H19N3O4/c1-4-10-24-12-6-5-7-13(11-12)25-19-20-17-14(22(19)2)8-9-15-16(17)18(23-3)21-26-15/h5-9,11H,4,10H2,1-3H3. The smallest absolute Gasteiger partial charge is 0.302 e. The summed E-state index contributed by atoms with van der Waals surface area (Å²) >= 11 is 0. The highest BCUT2D eigenvalue weighted by atomic mass is 16.5. The molecule has 7 heteroatoms. The van der Waals surface area contributed by atoms with Gasteiger partial charge in [0.1, 0.15) is 22.4 Å². The second kappa shape index (κ2) is 6.59. The molecule has 7 nitrogen and oxygen atoms in total. The second-order valence-corrected chi connectivity index (χ2v) is 5.88. The molecular weight excluding hydrogens is 334 g/mol. The minimum absolute atomic E-state index is 0.408. The van der Waals surface area contributed by atoms with Gasteiger partial charge in [-0.1, -0.05) is 13.0 Å². The van der Waals surface area contributed by atoms with Crippen LogP contribution in [0, 0.1) is 0 Å². The maximum atomic E-state index is 5.99. The largest absolute Gasteiger partial charge is 0.493 e. The molecule has 4 rings (SSSR count). The topological polar surface area (TPSA) is 71.5 Å². The number of nitrogens with zero attached hydrogens (tertiary/aromatic N) is 3. The molecule has 0 saturated carbocycles. The van der Waals surface area contributed by atoms with E-state index in [4.69, 9.17) is 18.7 Å². The van der Waals surface area contributed by atoms with Crippen molar-refractivity contribution in [3.63, 3.8) is 0 Å². The molecule has 2 aromatic heterocycles. The molecule has 0 atom stereocenters. The summed E-state index contributed by atoms with van der Waals surface area (Å²) in [4.78, 5) is 4.63. The van der Waals surface area contributed by atoms with Crippen molar-refractivity contribution < 1.29 is 18.7 Å². The van der Waals surface area contributed by atoms with Crippen molar-refractivity contribution in [2.45, 2.75) is 13.3 Å². The van der Waals surface area contributed by atoms with E-state index in [-0.39, 0.29) is 0 Å². The molecule has 0 spiro atoms. The van der Waals surface area contributed by atoms with Crippen molar-refractivity contribution >= 4 is 22.0 Å². The molecule has 0 N–H and O–H groups in total. The molecule has 0 aliphatic rings. The lowest BCUT2D eigenvalue weighted by Gasteiger charge is -2.08. The van der Waals surface area contributed by atoms with E-state index in [1.54, 1.807) is 7.11 Å². The van der Waals surface area contributed by atoms with Crippen LogP contribution in [-0.4, -0.2) is 28.4 Å². The summed E-state index contributed by atoms with van der Waals surface area (Å²) in [6.07, 6.45) is 0.951. The summed E-state index contributed by atoms with van der Waals surface area (Å²) in [6.45, 7) is 2.74. The number of hydrogen-bond donors (Lipinski definition) is 0. The first-order chi connectivity index (χ1) is 12.7. The molecule has 0 aliphatic carbocycles. The number of aryl methyl sites for hydroxylation is 1. The summed E-state index contributed by atoms with van der Waals surface area (Å²) < 4.78 is 24.1. The average Bonchev–Trinajstić information content (AvgIpc) is 3.22. The average molecular weight is 353 g/mol. The van der Waals surface area contributed by atoms with Crippen LogP contribution in [0.2, 0.25) is 0 Å². The van der Waals surface area contributed by atoms with E-state index in [1.807, 2.05) is 48.0 Å². The van der Waals surface area contributed by atoms with E-state index in [0.717, 1.165) is 28.6 Å². The van der Waals surface area contributed by atoms with Gasteiger partial charge in [0.05, 0.1) is 19.2 Å². The molecule has 0 bridgehead atoms. The van der Waals surface area contributed by atoms with Gasteiger partial charge in [0.2, 0.25) is 0 Å². The zero-order valence-corrected chi connectivity index (χ0v) is 14.9. The van der Waals surface area contributed by atoms with E-state index in [9.17, 15) is 0 Å². The highest BCUT2D eigenvalue weighted by Crippen LogP contribution is 2.35. The fraction of sp³-hybridized carbons (Fsp3) is 0.263. The lowest BCUT2D eigenvalue weighted by molar-refractivity contribution is 0.315.